The van der Waals surface area contributed by atoms with Gasteiger partial charge in [0.1, 0.15) is 0 Å². The van der Waals surface area contributed by atoms with E-state index in [4.69, 9.17) is 5.73 Å². The molecule has 1 aromatic heterocycles. The molecule has 1 heterocycles. The lowest BCUT2D eigenvalue weighted by Crippen LogP contribution is -2.23. The second kappa shape index (κ2) is 5.53. The van der Waals surface area contributed by atoms with Crippen molar-refractivity contribution in [3.8, 4) is 0 Å². The predicted octanol–water partition coefficient (Wildman–Crippen LogP) is 0.948. The van der Waals surface area contributed by atoms with Crippen LogP contribution in [0.5, 0.6) is 0 Å². The Bertz CT molecular complexity index is 471. The Morgan fingerprint density at radius 2 is 2.24 bits per heavy atom. The van der Waals surface area contributed by atoms with Gasteiger partial charge in [0, 0.05) is 23.9 Å². The van der Waals surface area contributed by atoms with Gasteiger partial charge in [-0.15, -0.1) is 0 Å². The zero-order chi connectivity index (χ0) is 13.0. The van der Waals surface area contributed by atoms with E-state index in [0.717, 1.165) is 6.20 Å². The number of pyridine rings is 1. The van der Waals surface area contributed by atoms with Crippen LogP contribution in [-0.4, -0.2) is 17.6 Å². The number of halogens is 2. The lowest BCUT2D eigenvalue weighted by Gasteiger charge is -2.11. The zero-order valence-corrected chi connectivity index (χ0v) is 9.13. The van der Waals surface area contributed by atoms with Crippen molar-refractivity contribution >= 4 is 5.97 Å². The Kier molecular flexibility index (Phi) is 4.33. The molecular weight excluding hydrogens is 234 g/mol. The number of carbonyl (C=O) groups is 1. The first-order valence-corrected chi connectivity index (χ1v) is 4.92. The first-order valence-electron chi connectivity index (χ1n) is 4.92. The van der Waals surface area contributed by atoms with Gasteiger partial charge in [-0.2, -0.15) is 0 Å². The number of aromatic nitrogens is 1. The minimum atomic E-state index is -2.96. The minimum Gasteiger partial charge on any atom is -0.462 e. The van der Waals surface area contributed by atoms with Gasteiger partial charge in [0.25, 0.3) is 12.0 Å². The van der Waals surface area contributed by atoms with Gasteiger partial charge in [0.05, 0.1) is 12.2 Å². The zero-order valence-electron chi connectivity index (χ0n) is 9.13. The summed E-state index contributed by atoms with van der Waals surface area (Å²) in [5.41, 5.74) is 3.18. The van der Waals surface area contributed by atoms with Gasteiger partial charge in [-0.3, -0.25) is 4.79 Å². The molecule has 7 heteroatoms. The fourth-order valence-corrected chi connectivity index (χ4v) is 1.42. The summed E-state index contributed by atoms with van der Waals surface area (Å²) in [5, 5.41) is 0. The van der Waals surface area contributed by atoms with Crippen LogP contribution in [0.2, 0.25) is 0 Å². The first kappa shape index (κ1) is 13.3. The number of rotatable bonds is 4. The van der Waals surface area contributed by atoms with Gasteiger partial charge in [-0.1, -0.05) is 0 Å². The lowest BCUT2D eigenvalue weighted by molar-refractivity contribution is 0.0514. The number of ether oxygens (including phenoxy) is 1. The molecule has 0 spiro atoms. The summed E-state index contributed by atoms with van der Waals surface area (Å²) in [4.78, 5) is 24.9. The predicted molar refractivity (Wildman–Crippen MR) is 55.9 cm³/mol. The van der Waals surface area contributed by atoms with Crippen LogP contribution in [0.3, 0.4) is 0 Å². The SMILES string of the molecule is CCOC(=O)c1c[nH]c(=O)c(CN)c1C(F)F. The monoisotopic (exact) mass is 246 g/mol. The van der Waals surface area contributed by atoms with Crippen molar-refractivity contribution in [2.24, 2.45) is 5.73 Å². The second-order valence-electron chi connectivity index (χ2n) is 3.15. The van der Waals surface area contributed by atoms with Gasteiger partial charge >= 0.3 is 5.97 Å². The summed E-state index contributed by atoms with van der Waals surface area (Å²) < 4.78 is 30.3. The van der Waals surface area contributed by atoms with Crippen molar-refractivity contribution in [2.75, 3.05) is 6.61 Å². The van der Waals surface area contributed by atoms with Gasteiger partial charge in [-0.05, 0) is 6.92 Å². The molecular formula is C10H12F2N2O3. The number of esters is 1. The maximum Gasteiger partial charge on any atom is 0.340 e. The lowest BCUT2D eigenvalue weighted by atomic mass is 10.0. The first-order chi connectivity index (χ1) is 8.02. The second-order valence-corrected chi connectivity index (χ2v) is 3.15. The highest BCUT2D eigenvalue weighted by atomic mass is 19.3. The van der Waals surface area contributed by atoms with E-state index in [1.54, 1.807) is 6.92 Å². The Morgan fingerprint density at radius 3 is 2.71 bits per heavy atom. The fraction of sp³-hybridized carbons (Fsp3) is 0.400. The highest BCUT2D eigenvalue weighted by Crippen LogP contribution is 2.24. The van der Waals surface area contributed by atoms with Crippen molar-refractivity contribution in [3.05, 3.63) is 33.2 Å². The van der Waals surface area contributed by atoms with Crippen molar-refractivity contribution in [3.63, 3.8) is 0 Å². The maximum absolute atomic E-state index is 12.8. The quantitative estimate of drug-likeness (QED) is 0.774. The highest BCUT2D eigenvalue weighted by Gasteiger charge is 2.24. The number of hydrogen-bond acceptors (Lipinski definition) is 4. The molecule has 0 saturated carbocycles. The number of H-pyrrole nitrogens is 1. The molecule has 0 aromatic carbocycles. The summed E-state index contributed by atoms with van der Waals surface area (Å²) in [6.45, 7) is 1.23. The average molecular weight is 246 g/mol. The van der Waals surface area contributed by atoms with Gasteiger partial charge in [-0.25, -0.2) is 13.6 Å². The Balaban J connectivity index is 3.40. The molecule has 1 aromatic rings. The molecule has 94 valence electrons. The summed E-state index contributed by atoms with van der Waals surface area (Å²) in [6.07, 6.45) is -2.05. The Morgan fingerprint density at radius 1 is 1.59 bits per heavy atom. The molecule has 1 rings (SSSR count). The van der Waals surface area contributed by atoms with E-state index in [1.807, 2.05) is 0 Å². The molecule has 0 radical (unpaired) electrons. The molecule has 17 heavy (non-hydrogen) atoms. The van der Waals surface area contributed by atoms with E-state index in [2.05, 4.69) is 9.72 Å². The molecule has 0 aliphatic rings. The van der Waals surface area contributed by atoms with Gasteiger partial charge < -0.3 is 15.5 Å². The summed E-state index contributed by atoms with van der Waals surface area (Å²) in [6, 6.07) is 0. The number of aromatic amines is 1. The molecule has 0 amide bonds. The average Bonchev–Trinajstić information content (AvgIpc) is 2.28. The van der Waals surface area contributed by atoms with Crippen LogP contribution in [0.25, 0.3) is 0 Å². The van der Waals surface area contributed by atoms with E-state index in [-0.39, 0.29) is 24.3 Å². The van der Waals surface area contributed by atoms with Crippen LogP contribution >= 0.6 is 0 Å². The number of hydrogen-bond donors (Lipinski definition) is 2. The Hall–Kier alpha value is -1.76. The van der Waals surface area contributed by atoms with Crippen LogP contribution < -0.4 is 11.3 Å². The van der Waals surface area contributed by atoms with E-state index in [1.165, 1.54) is 0 Å². The van der Waals surface area contributed by atoms with Gasteiger partial charge in [0.2, 0.25) is 0 Å². The third-order valence-corrected chi connectivity index (χ3v) is 2.15. The third-order valence-electron chi connectivity index (χ3n) is 2.15. The van der Waals surface area contributed by atoms with Crippen molar-refractivity contribution in [1.29, 1.82) is 0 Å². The van der Waals surface area contributed by atoms with Crippen LogP contribution in [0.4, 0.5) is 8.78 Å². The van der Waals surface area contributed by atoms with Crippen LogP contribution in [0.15, 0.2) is 11.0 Å². The molecule has 5 nitrogen and oxygen atoms in total. The summed E-state index contributed by atoms with van der Waals surface area (Å²) >= 11 is 0. The maximum atomic E-state index is 12.8. The molecule has 3 N–H and O–H groups in total. The molecule has 0 atom stereocenters. The largest absolute Gasteiger partial charge is 0.462 e. The van der Waals surface area contributed by atoms with Crippen molar-refractivity contribution in [2.45, 2.75) is 19.9 Å². The normalized spacial score (nSPS) is 10.6. The van der Waals surface area contributed by atoms with Crippen LogP contribution in [0, 0.1) is 0 Å². The summed E-state index contributed by atoms with van der Waals surface area (Å²) in [5.74, 6) is -0.909. The number of carbonyl (C=O) groups excluding carboxylic acids is 1. The molecule has 0 aliphatic carbocycles. The fourth-order valence-electron chi connectivity index (χ4n) is 1.42. The molecule has 0 fully saturated rings. The van der Waals surface area contributed by atoms with E-state index < -0.39 is 23.5 Å². The smallest absolute Gasteiger partial charge is 0.340 e. The topological polar surface area (TPSA) is 85.2 Å². The minimum absolute atomic E-state index is 0.0542. The van der Waals surface area contributed by atoms with Crippen molar-refractivity contribution in [1.82, 2.24) is 4.98 Å². The van der Waals surface area contributed by atoms with E-state index >= 15 is 0 Å². The third kappa shape index (κ3) is 2.68. The van der Waals surface area contributed by atoms with Gasteiger partial charge in [0.15, 0.2) is 0 Å². The Labute approximate surface area is 95.6 Å². The number of nitrogens with one attached hydrogen (secondary N) is 1. The highest BCUT2D eigenvalue weighted by molar-refractivity contribution is 5.91. The van der Waals surface area contributed by atoms with Crippen molar-refractivity contribution < 1.29 is 18.3 Å². The van der Waals surface area contributed by atoms with E-state index in [9.17, 15) is 18.4 Å². The van der Waals surface area contributed by atoms with Crippen LogP contribution in [-0.2, 0) is 11.3 Å². The standard InChI is InChI=1S/C10H12F2N2O3/c1-2-17-10(16)6-4-14-9(15)5(3-13)7(6)8(11)12/h4,8H,2-3,13H2,1H3,(H,14,15). The molecule has 0 aliphatic heterocycles. The molecule has 0 unspecified atom stereocenters. The van der Waals surface area contributed by atoms with Crippen LogP contribution in [0.1, 0.15) is 34.8 Å². The number of alkyl halides is 2. The summed E-state index contributed by atoms with van der Waals surface area (Å²) in [7, 11) is 0. The number of nitrogens with two attached hydrogens (primary N) is 1. The molecule has 0 bridgehead atoms. The van der Waals surface area contributed by atoms with E-state index in [0.29, 0.717) is 0 Å². The molecule has 0 saturated heterocycles.